The topological polar surface area (TPSA) is 116 Å². The molecule has 4 rings (SSSR count). The Balaban J connectivity index is 0.000000347. The highest BCUT2D eigenvalue weighted by Gasteiger charge is 2.18. The minimum absolute atomic E-state index is 0.0393. The molecule has 1 unspecified atom stereocenters. The number of fused-ring (bicyclic) bond motifs is 1. The molecule has 1 aliphatic carbocycles. The quantitative estimate of drug-likeness (QED) is 0.127. The van der Waals surface area contributed by atoms with Crippen LogP contribution < -0.4 is 9.61 Å². The van der Waals surface area contributed by atoms with Crippen LogP contribution in [-0.4, -0.2) is 29.0 Å². The lowest BCUT2D eigenvalue weighted by atomic mass is 10.2. The third-order valence-electron chi connectivity index (χ3n) is 4.84. The maximum Gasteiger partial charge on any atom is 0.382 e. The molecule has 0 amide bonds. The molecule has 1 heterocycles. The molecule has 1 atom stereocenters. The summed E-state index contributed by atoms with van der Waals surface area (Å²) >= 11 is 0. The van der Waals surface area contributed by atoms with Crippen LogP contribution in [0.15, 0.2) is 90.9 Å². The second kappa shape index (κ2) is 16.7. The normalized spacial score (nSPS) is 12.6. The van der Waals surface area contributed by atoms with E-state index < -0.39 is 19.4 Å². The van der Waals surface area contributed by atoms with E-state index in [1.807, 2.05) is 50.4 Å². The summed E-state index contributed by atoms with van der Waals surface area (Å²) in [5.41, 5.74) is 2.50. The van der Waals surface area contributed by atoms with Gasteiger partial charge in [-0.05, 0) is 56.2 Å². The van der Waals surface area contributed by atoms with Crippen molar-refractivity contribution in [3.05, 3.63) is 107 Å². The Bertz CT molecular complexity index is 1250. The molecule has 0 radical (unpaired) electrons. The molecule has 0 saturated carbocycles. The lowest BCUT2D eigenvalue weighted by Crippen LogP contribution is -2.23. The van der Waals surface area contributed by atoms with Gasteiger partial charge in [-0.15, -0.1) is 0 Å². The van der Waals surface area contributed by atoms with Crippen LogP contribution in [0.5, 0.6) is 5.75 Å². The van der Waals surface area contributed by atoms with E-state index in [9.17, 15) is 14.9 Å². The average molecular weight is 540 g/mol. The highest BCUT2D eigenvalue weighted by Crippen LogP contribution is 2.38. The van der Waals surface area contributed by atoms with E-state index >= 15 is 0 Å². The van der Waals surface area contributed by atoms with Crippen LogP contribution in [0.3, 0.4) is 0 Å². The summed E-state index contributed by atoms with van der Waals surface area (Å²) in [6.07, 6.45) is 12.1. The number of nitro benzene ring substituents is 1. The first-order valence-electron chi connectivity index (χ1n) is 12.3. The molecule has 0 fully saturated rings. The number of hydrogen-bond acceptors (Lipinski definition) is 7. The molecule has 3 aromatic rings. The van der Waals surface area contributed by atoms with Crippen LogP contribution in [0.25, 0.3) is 10.9 Å². The fourth-order valence-corrected chi connectivity index (χ4v) is 4.15. The summed E-state index contributed by atoms with van der Waals surface area (Å²) in [6, 6.07) is 13.9. The van der Waals surface area contributed by atoms with Gasteiger partial charge in [0.25, 0.3) is 5.69 Å². The molecule has 10 heteroatoms. The summed E-state index contributed by atoms with van der Waals surface area (Å²) < 4.78 is 16.4. The molecule has 2 N–H and O–H groups in total. The molecule has 1 aromatic heterocycles. The standard InChI is InChI=1S/C17H19N2O6P.C9H9N.C2H6/c1-2-23-17(20)13-18-26(24-15-7-5-3-4-6-8-15)25-16-11-9-14(10-12-16)19(21)22;1-7-6-10-9-5-3-2-4-8(7)9;1-2/h3-5,7-12,18H,2,6,13H2,1H3;2-6,10H,1H3;1-2H3. The number of nitro groups is 1. The lowest BCUT2D eigenvalue weighted by Gasteiger charge is -2.19. The molecule has 0 bridgehead atoms. The van der Waals surface area contributed by atoms with Gasteiger partial charge in [0.2, 0.25) is 0 Å². The van der Waals surface area contributed by atoms with E-state index in [-0.39, 0.29) is 18.8 Å². The zero-order valence-corrected chi connectivity index (χ0v) is 22.9. The maximum atomic E-state index is 11.6. The molecule has 1 aliphatic rings. The molecular weight excluding hydrogens is 505 g/mol. The fourth-order valence-electron chi connectivity index (χ4n) is 3.09. The number of aromatic amines is 1. The van der Waals surface area contributed by atoms with Gasteiger partial charge in [0, 0.05) is 29.2 Å². The second-order valence-electron chi connectivity index (χ2n) is 7.48. The first kappa shape index (κ1) is 30.3. The number of benzene rings is 2. The molecule has 0 saturated heterocycles. The van der Waals surface area contributed by atoms with E-state index in [1.165, 1.54) is 40.7 Å². The van der Waals surface area contributed by atoms with Crippen molar-refractivity contribution in [1.29, 1.82) is 0 Å². The Hall–Kier alpha value is -3.94. The number of nitrogens with one attached hydrogen (secondary N) is 2. The van der Waals surface area contributed by atoms with Gasteiger partial charge in [0.05, 0.1) is 11.5 Å². The zero-order chi connectivity index (χ0) is 27.8. The number of ether oxygens (including phenoxy) is 1. The highest BCUT2D eigenvalue weighted by atomic mass is 31.2. The molecular formula is C28H34N3O6P. The zero-order valence-electron chi connectivity index (χ0n) is 22.0. The first-order chi connectivity index (χ1) is 18.5. The maximum absolute atomic E-state index is 11.6. The molecule has 0 aliphatic heterocycles. The predicted molar refractivity (Wildman–Crippen MR) is 152 cm³/mol. The Morgan fingerprint density at radius 2 is 1.84 bits per heavy atom. The van der Waals surface area contributed by atoms with Gasteiger partial charge >= 0.3 is 14.5 Å². The van der Waals surface area contributed by atoms with Crippen molar-refractivity contribution in [3.8, 4) is 5.75 Å². The van der Waals surface area contributed by atoms with Gasteiger partial charge in [-0.25, -0.2) is 5.09 Å². The van der Waals surface area contributed by atoms with Crippen LogP contribution in [0.4, 0.5) is 5.69 Å². The number of hydrogen-bond donors (Lipinski definition) is 2. The van der Waals surface area contributed by atoms with Gasteiger partial charge in [-0.2, -0.15) is 0 Å². The second-order valence-corrected chi connectivity index (χ2v) is 8.67. The van der Waals surface area contributed by atoms with Gasteiger partial charge < -0.3 is 18.8 Å². The third-order valence-corrected chi connectivity index (χ3v) is 6.01. The molecule has 0 spiro atoms. The number of nitrogens with zero attached hydrogens (tertiary/aromatic N) is 1. The molecule has 202 valence electrons. The van der Waals surface area contributed by atoms with Gasteiger partial charge in [-0.1, -0.05) is 50.3 Å². The predicted octanol–water partition coefficient (Wildman–Crippen LogP) is 7.27. The monoisotopic (exact) mass is 539 g/mol. The summed E-state index contributed by atoms with van der Waals surface area (Å²) in [7, 11) is -1.71. The first-order valence-corrected chi connectivity index (χ1v) is 13.5. The number of para-hydroxylation sites is 1. The summed E-state index contributed by atoms with van der Waals surface area (Å²) in [5, 5.41) is 14.9. The van der Waals surface area contributed by atoms with Gasteiger partial charge in [-0.3, -0.25) is 14.9 Å². The average Bonchev–Trinajstić information content (AvgIpc) is 3.12. The molecule has 2 aromatic carbocycles. The largest absolute Gasteiger partial charge is 0.465 e. The number of aromatic nitrogens is 1. The van der Waals surface area contributed by atoms with Crippen molar-refractivity contribution in [1.82, 2.24) is 10.1 Å². The van der Waals surface area contributed by atoms with Crippen molar-refractivity contribution in [2.75, 3.05) is 13.2 Å². The number of carbonyl (C=O) groups excluding carboxylic acids is 1. The Kier molecular flexibility index (Phi) is 13.3. The minimum atomic E-state index is -1.71. The van der Waals surface area contributed by atoms with Gasteiger partial charge in [0.1, 0.15) is 18.1 Å². The number of carbonyl (C=O) groups is 1. The van der Waals surface area contributed by atoms with Crippen LogP contribution in [-0.2, 0) is 14.1 Å². The summed E-state index contributed by atoms with van der Waals surface area (Å²) in [6.45, 7) is 8.03. The number of aryl methyl sites for hydroxylation is 1. The summed E-state index contributed by atoms with van der Waals surface area (Å²) in [5.74, 6) is 0.553. The number of rotatable bonds is 9. The lowest BCUT2D eigenvalue weighted by molar-refractivity contribution is -0.384. The van der Waals surface area contributed by atoms with Crippen LogP contribution >= 0.6 is 8.53 Å². The SMILES string of the molecule is CC.CCOC(=O)CNP(OC1=CCC=CC=C1)Oc1ccc([N+](=O)[O-])cc1.Cc1c[nH]c2ccccc12. The van der Waals surface area contributed by atoms with E-state index in [0.717, 1.165) is 0 Å². The third kappa shape index (κ3) is 10.2. The number of non-ortho nitro benzene ring substituents is 1. The van der Waals surface area contributed by atoms with E-state index in [0.29, 0.717) is 17.9 Å². The van der Waals surface area contributed by atoms with Crippen LogP contribution in [0.2, 0.25) is 0 Å². The van der Waals surface area contributed by atoms with E-state index in [4.69, 9.17) is 13.8 Å². The van der Waals surface area contributed by atoms with Crippen molar-refractivity contribution in [2.45, 2.75) is 34.1 Å². The number of esters is 1. The molecule has 9 nitrogen and oxygen atoms in total. The van der Waals surface area contributed by atoms with E-state index in [2.05, 4.69) is 35.2 Å². The van der Waals surface area contributed by atoms with Crippen molar-refractivity contribution in [3.63, 3.8) is 0 Å². The Morgan fingerprint density at radius 1 is 1.11 bits per heavy atom. The van der Waals surface area contributed by atoms with Crippen molar-refractivity contribution < 1.29 is 23.5 Å². The van der Waals surface area contributed by atoms with Crippen molar-refractivity contribution in [2.24, 2.45) is 0 Å². The molecule has 38 heavy (non-hydrogen) atoms. The smallest absolute Gasteiger partial charge is 0.382 e. The highest BCUT2D eigenvalue weighted by molar-refractivity contribution is 7.45. The number of H-pyrrole nitrogens is 1. The van der Waals surface area contributed by atoms with E-state index in [1.54, 1.807) is 13.0 Å². The summed E-state index contributed by atoms with van der Waals surface area (Å²) in [4.78, 5) is 25.0. The van der Waals surface area contributed by atoms with Crippen LogP contribution in [0.1, 0.15) is 32.8 Å². The fraction of sp³-hybridized carbons (Fsp3) is 0.250. The van der Waals surface area contributed by atoms with Crippen LogP contribution in [0, 0.1) is 17.0 Å². The number of allylic oxidation sites excluding steroid dienone is 5. The van der Waals surface area contributed by atoms with Gasteiger partial charge in [0.15, 0.2) is 0 Å². The van der Waals surface area contributed by atoms with Crippen molar-refractivity contribution >= 4 is 31.1 Å². The Labute approximate surface area is 224 Å². The minimum Gasteiger partial charge on any atom is -0.465 e. The Morgan fingerprint density at radius 3 is 2.53 bits per heavy atom.